The Morgan fingerprint density at radius 3 is 2.52 bits per heavy atom. The average molecular weight is 337 g/mol. The smallest absolute Gasteiger partial charge is 0.344 e. The fourth-order valence-electron chi connectivity index (χ4n) is 2.10. The second kappa shape index (κ2) is 7.28. The molecule has 1 amide bonds. The monoisotopic (exact) mass is 336 g/mol. The van der Waals surface area contributed by atoms with Gasteiger partial charge in [0.05, 0.1) is 11.7 Å². The van der Waals surface area contributed by atoms with Gasteiger partial charge in [0.1, 0.15) is 11.3 Å². The minimum absolute atomic E-state index is 0.225. The van der Waals surface area contributed by atoms with E-state index in [9.17, 15) is 9.59 Å². The van der Waals surface area contributed by atoms with Gasteiger partial charge in [-0.05, 0) is 38.5 Å². The van der Waals surface area contributed by atoms with Gasteiger partial charge in [0, 0.05) is 5.02 Å². The SMILES string of the molecule is Cc1noc(C)c1C(=O)OCC(=O)N[C@@H](C)c1ccc(Cl)cc1. The summed E-state index contributed by atoms with van der Waals surface area (Å²) in [7, 11) is 0. The van der Waals surface area contributed by atoms with Crippen LogP contribution in [0.1, 0.15) is 40.3 Å². The first-order valence-electron chi connectivity index (χ1n) is 7.03. The number of aromatic nitrogens is 1. The number of halogens is 1. The predicted molar refractivity (Wildman–Crippen MR) is 84.3 cm³/mol. The number of hydrogen-bond donors (Lipinski definition) is 1. The van der Waals surface area contributed by atoms with Crippen molar-refractivity contribution in [3.05, 3.63) is 51.9 Å². The van der Waals surface area contributed by atoms with Gasteiger partial charge in [-0.2, -0.15) is 0 Å². The molecule has 1 atom stereocenters. The number of esters is 1. The van der Waals surface area contributed by atoms with E-state index in [-0.39, 0.29) is 18.2 Å². The fraction of sp³-hybridized carbons (Fsp3) is 0.312. The number of rotatable bonds is 5. The Morgan fingerprint density at radius 1 is 1.30 bits per heavy atom. The molecule has 0 saturated carbocycles. The lowest BCUT2D eigenvalue weighted by molar-refractivity contribution is -0.124. The molecule has 0 bridgehead atoms. The number of carbonyl (C=O) groups is 2. The lowest BCUT2D eigenvalue weighted by atomic mass is 10.1. The van der Waals surface area contributed by atoms with Gasteiger partial charge in [-0.1, -0.05) is 28.9 Å². The van der Waals surface area contributed by atoms with Crippen molar-refractivity contribution in [2.45, 2.75) is 26.8 Å². The Morgan fingerprint density at radius 2 is 1.96 bits per heavy atom. The normalized spacial score (nSPS) is 11.8. The molecule has 0 aliphatic rings. The van der Waals surface area contributed by atoms with Crippen LogP contribution in [0, 0.1) is 13.8 Å². The molecule has 0 aliphatic carbocycles. The molecule has 0 unspecified atom stereocenters. The summed E-state index contributed by atoms with van der Waals surface area (Å²) in [5, 5.41) is 7.05. The van der Waals surface area contributed by atoms with E-state index in [0.29, 0.717) is 16.5 Å². The number of amides is 1. The van der Waals surface area contributed by atoms with Crippen LogP contribution in [0.3, 0.4) is 0 Å². The van der Waals surface area contributed by atoms with E-state index < -0.39 is 11.9 Å². The third-order valence-electron chi connectivity index (χ3n) is 3.32. The molecule has 7 heteroatoms. The first-order valence-corrected chi connectivity index (χ1v) is 7.41. The Bertz CT molecular complexity index is 690. The van der Waals surface area contributed by atoms with Crippen molar-refractivity contribution >= 4 is 23.5 Å². The van der Waals surface area contributed by atoms with Gasteiger partial charge in [-0.25, -0.2) is 4.79 Å². The molecule has 122 valence electrons. The molecule has 2 aromatic rings. The quantitative estimate of drug-likeness (QED) is 0.849. The summed E-state index contributed by atoms with van der Waals surface area (Å²) >= 11 is 5.82. The van der Waals surface area contributed by atoms with Crippen LogP contribution >= 0.6 is 11.6 Å². The molecule has 0 spiro atoms. The highest BCUT2D eigenvalue weighted by atomic mass is 35.5. The fourth-order valence-corrected chi connectivity index (χ4v) is 2.22. The molecule has 23 heavy (non-hydrogen) atoms. The third kappa shape index (κ3) is 4.32. The summed E-state index contributed by atoms with van der Waals surface area (Å²) in [4.78, 5) is 23.8. The highest BCUT2D eigenvalue weighted by Crippen LogP contribution is 2.16. The highest BCUT2D eigenvalue weighted by molar-refractivity contribution is 6.30. The highest BCUT2D eigenvalue weighted by Gasteiger charge is 2.20. The number of ether oxygens (including phenoxy) is 1. The van der Waals surface area contributed by atoms with Crippen molar-refractivity contribution in [3.8, 4) is 0 Å². The van der Waals surface area contributed by atoms with E-state index in [1.54, 1.807) is 26.0 Å². The van der Waals surface area contributed by atoms with Crippen molar-refractivity contribution in [2.24, 2.45) is 0 Å². The van der Waals surface area contributed by atoms with Gasteiger partial charge in [0.2, 0.25) is 0 Å². The molecule has 0 radical (unpaired) electrons. The summed E-state index contributed by atoms with van der Waals surface area (Å²) in [5.41, 5.74) is 1.59. The van der Waals surface area contributed by atoms with Crippen molar-refractivity contribution in [2.75, 3.05) is 6.61 Å². The van der Waals surface area contributed by atoms with Crippen LogP contribution < -0.4 is 5.32 Å². The van der Waals surface area contributed by atoms with Gasteiger partial charge in [0.25, 0.3) is 5.91 Å². The third-order valence-corrected chi connectivity index (χ3v) is 3.57. The molecular formula is C16H17ClN2O4. The summed E-state index contributed by atoms with van der Waals surface area (Å²) in [5.74, 6) is -0.662. The Kier molecular flexibility index (Phi) is 5.39. The molecule has 1 aromatic heterocycles. The average Bonchev–Trinajstić information content (AvgIpc) is 2.84. The molecule has 0 saturated heterocycles. The van der Waals surface area contributed by atoms with Gasteiger partial charge >= 0.3 is 5.97 Å². The van der Waals surface area contributed by atoms with Crippen LogP contribution in [0.4, 0.5) is 0 Å². The molecule has 1 heterocycles. The van der Waals surface area contributed by atoms with Gasteiger partial charge < -0.3 is 14.6 Å². The Balaban J connectivity index is 1.87. The Hall–Kier alpha value is -2.34. The molecule has 0 fully saturated rings. The zero-order chi connectivity index (χ0) is 17.0. The van der Waals surface area contributed by atoms with Crippen molar-refractivity contribution in [1.29, 1.82) is 0 Å². The minimum atomic E-state index is -0.629. The lowest BCUT2D eigenvalue weighted by Crippen LogP contribution is -2.31. The van der Waals surface area contributed by atoms with E-state index in [2.05, 4.69) is 10.5 Å². The number of nitrogens with zero attached hydrogens (tertiary/aromatic N) is 1. The summed E-state index contributed by atoms with van der Waals surface area (Å²) in [6.07, 6.45) is 0. The van der Waals surface area contributed by atoms with Crippen LogP contribution in [0.15, 0.2) is 28.8 Å². The standard InChI is InChI=1S/C16H17ClN2O4/c1-9(12-4-6-13(17)7-5-12)18-14(20)8-22-16(21)15-10(2)19-23-11(15)3/h4-7,9H,8H2,1-3H3,(H,18,20)/t9-/m0/s1. The largest absolute Gasteiger partial charge is 0.452 e. The van der Waals surface area contributed by atoms with Crippen LogP contribution in [-0.2, 0) is 9.53 Å². The van der Waals surface area contributed by atoms with Crippen molar-refractivity contribution in [1.82, 2.24) is 10.5 Å². The van der Waals surface area contributed by atoms with Crippen LogP contribution in [-0.4, -0.2) is 23.6 Å². The van der Waals surface area contributed by atoms with Gasteiger partial charge in [-0.3, -0.25) is 4.79 Å². The number of aryl methyl sites for hydroxylation is 2. The maximum atomic E-state index is 11.9. The molecule has 6 nitrogen and oxygen atoms in total. The molecular weight excluding hydrogens is 320 g/mol. The molecule has 1 aromatic carbocycles. The van der Waals surface area contributed by atoms with E-state index in [1.807, 2.05) is 19.1 Å². The first-order chi connectivity index (χ1) is 10.9. The number of nitrogens with one attached hydrogen (secondary N) is 1. The summed E-state index contributed by atoms with van der Waals surface area (Å²) in [6.45, 7) is 4.70. The lowest BCUT2D eigenvalue weighted by Gasteiger charge is -2.14. The Labute approximate surface area is 138 Å². The van der Waals surface area contributed by atoms with Crippen LogP contribution in [0.25, 0.3) is 0 Å². The van der Waals surface area contributed by atoms with E-state index in [0.717, 1.165) is 5.56 Å². The number of hydrogen-bond acceptors (Lipinski definition) is 5. The second-order valence-electron chi connectivity index (χ2n) is 5.12. The van der Waals surface area contributed by atoms with Gasteiger partial charge in [-0.15, -0.1) is 0 Å². The van der Waals surface area contributed by atoms with E-state index >= 15 is 0 Å². The first kappa shape index (κ1) is 17.0. The summed E-state index contributed by atoms with van der Waals surface area (Å²) in [6, 6.07) is 6.91. The zero-order valence-electron chi connectivity index (χ0n) is 13.1. The minimum Gasteiger partial charge on any atom is -0.452 e. The number of benzene rings is 1. The van der Waals surface area contributed by atoms with Crippen LogP contribution in [0.2, 0.25) is 5.02 Å². The predicted octanol–water partition coefficient (Wildman–Crippen LogP) is 2.98. The maximum Gasteiger partial charge on any atom is 0.344 e. The summed E-state index contributed by atoms with van der Waals surface area (Å²) < 4.78 is 9.89. The molecule has 2 rings (SSSR count). The van der Waals surface area contributed by atoms with Crippen LogP contribution in [0.5, 0.6) is 0 Å². The molecule has 1 N–H and O–H groups in total. The maximum absolute atomic E-state index is 11.9. The van der Waals surface area contributed by atoms with Crippen molar-refractivity contribution in [3.63, 3.8) is 0 Å². The second-order valence-corrected chi connectivity index (χ2v) is 5.55. The molecule has 0 aliphatic heterocycles. The topological polar surface area (TPSA) is 81.4 Å². The van der Waals surface area contributed by atoms with Crippen molar-refractivity contribution < 1.29 is 18.8 Å². The van der Waals surface area contributed by atoms with E-state index in [4.69, 9.17) is 20.9 Å². The van der Waals surface area contributed by atoms with E-state index in [1.165, 1.54) is 0 Å². The zero-order valence-corrected chi connectivity index (χ0v) is 13.8. The number of carbonyl (C=O) groups excluding carboxylic acids is 2. The van der Waals surface area contributed by atoms with Gasteiger partial charge in [0.15, 0.2) is 6.61 Å².